The van der Waals surface area contributed by atoms with Crippen LogP contribution in [0.15, 0.2) is 12.3 Å². The minimum absolute atomic E-state index is 0.293. The first kappa shape index (κ1) is 10.7. The van der Waals surface area contributed by atoms with Crippen LogP contribution in [-0.4, -0.2) is 4.57 Å². The molecule has 0 amide bonds. The van der Waals surface area contributed by atoms with Crippen LogP contribution in [0.5, 0.6) is 0 Å². The van der Waals surface area contributed by atoms with Gasteiger partial charge in [-0.1, -0.05) is 19.8 Å². The molecule has 0 bridgehead atoms. The molecule has 1 heterocycles. The van der Waals surface area contributed by atoms with Crippen LogP contribution in [0, 0.1) is 0 Å². The maximum absolute atomic E-state index is 6.10. The van der Waals surface area contributed by atoms with Gasteiger partial charge in [-0.3, -0.25) is 0 Å². The Morgan fingerprint density at radius 1 is 1.47 bits per heavy atom. The Morgan fingerprint density at radius 3 is 3.13 bits per heavy atom. The molecule has 1 aliphatic carbocycles. The zero-order valence-corrected chi connectivity index (χ0v) is 9.71. The van der Waals surface area contributed by atoms with E-state index in [1.807, 2.05) is 0 Å². The molecule has 0 saturated carbocycles. The second-order valence-corrected chi connectivity index (χ2v) is 4.62. The molecule has 0 spiro atoms. The number of aryl methyl sites for hydroxylation is 1. The van der Waals surface area contributed by atoms with Crippen LogP contribution in [0.3, 0.4) is 0 Å². The van der Waals surface area contributed by atoms with Gasteiger partial charge in [-0.25, -0.2) is 0 Å². The van der Waals surface area contributed by atoms with Gasteiger partial charge in [-0.2, -0.15) is 0 Å². The average Bonchev–Trinajstić information content (AvgIpc) is 2.64. The van der Waals surface area contributed by atoms with E-state index in [1.165, 1.54) is 49.9 Å². The zero-order chi connectivity index (χ0) is 10.7. The molecule has 1 aromatic heterocycles. The molecule has 1 unspecified atom stereocenters. The Hall–Kier alpha value is -0.760. The summed E-state index contributed by atoms with van der Waals surface area (Å²) in [7, 11) is 0. The van der Waals surface area contributed by atoms with Crippen molar-refractivity contribution in [2.45, 2.75) is 58.0 Å². The summed E-state index contributed by atoms with van der Waals surface area (Å²) in [6.45, 7) is 3.43. The Kier molecular flexibility index (Phi) is 3.47. The van der Waals surface area contributed by atoms with Crippen molar-refractivity contribution >= 4 is 0 Å². The summed E-state index contributed by atoms with van der Waals surface area (Å²) in [4.78, 5) is 0. The van der Waals surface area contributed by atoms with Crippen LogP contribution in [0.4, 0.5) is 0 Å². The normalized spacial score (nSPS) is 20.3. The Balaban J connectivity index is 2.06. The van der Waals surface area contributed by atoms with Crippen molar-refractivity contribution in [2.24, 2.45) is 5.73 Å². The van der Waals surface area contributed by atoms with Crippen LogP contribution < -0.4 is 5.73 Å². The molecule has 0 fully saturated rings. The predicted octanol–water partition coefficient (Wildman–Crippen LogP) is 3.01. The number of nitrogens with two attached hydrogens (primary N) is 1. The summed E-state index contributed by atoms with van der Waals surface area (Å²) in [5, 5.41) is 0. The molecule has 15 heavy (non-hydrogen) atoms. The molecule has 84 valence electrons. The highest BCUT2D eigenvalue weighted by molar-refractivity contribution is 5.28. The van der Waals surface area contributed by atoms with E-state index >= 15 is 0 Å². The van der Waals surface area contributed by atoms with E-state index in [0.717, 1.165) is 6.42 Å². The van der Waals surface area contributed by atoms with E-state index in [1.54, 1.807) is 0 Å². The van der Waals surface area contributed by atoms with E-state index in [2.05, 4.69) is 23.8 Å². The lowest BCUT2D eigenvalue weighted by atomic mass is 9.93. The van der Waals surface area contributed by atoms with Crippen molar-refractivity contribution in [3.8, 4) is 0 Å². The van der Waals surface area contributed by atoms with E-state index < -0.39 is 0 Å². The van der Waals surface area contributed by atoms with Crippen molar-refractivity contribution < 1.29 is 0 Å². The SMILES string of the molecule is CCCCCn1ccc2c1CCCC2N. The molecule has 2 rings (SSSR count). The van der Waals surface area contributed by atoms with Crippen LogP contribution in [0.2, 0.25) is 0 Å². The van der Waals surface area contributed by atoms with E-state index in [4.69, 9.17) is 5.73 Å². The largest absolute Gasteiger partial charge is 0.351 e. The maximum Gasteiger partial charge on any atom is 0.0312 e. The summed E-state index contributed by atoms with van der Waals surface area (Å²) in [6, 6.07) is 2.52. The number of unbranched alkanes of at least 4 members (excludes halogenated alkanes) is 2. The summed E-state index contributed by atoms with van der Waals surface area (Å²) < 4.78 is 2.42. The number of hydrogen-bond acceptors (Lipinski definition) is 1. The van der Waals surface area contributed by atoms with Gasteiger partial charge in [0.25, 0.3) is 0 Å². The lowest BCUT2D eigenvalue weighted by Gasteiger charge is -2.20. The monoisotopic (exact) mass is 206 g/mol. The number of nitrogens with zero attached hydrogens (tertiary/aromatic N) is 1. The minimum Gasteiger partial charge on any atom is -0.351 e. The highest BCUT2D eigenvalue weighted by Gasteiger charge is 2.19. The third kappa shape index (κ3) is 2.25. The van der Waals surface area contributed by atoms with Crippen molar-refractivity contribution in [3.63, 3.8) is 0 Å². The molecule has 0 saturated heterocycles. The maximum atomic E-state index is 6.10. The van der Waals surface area contributed by atoms with E-state index in [9.17, 15) is 0 Å². The number of fused-ring (bicyclic) bond motifs is 1. The first-order valence-electron chi connectivity index (χ1n) is 6.26. The number of hydrogen-bond donors (Lipinski definition) is 1. The second kappa shape index (κ2) is 4.84. The molecule has 2 N–H and O–H groups in total. The van der Waals surface area contributed by atoms with Crippen LogP contribution in [0.25, 0.3) is 0 Å². The van der Waals surface area contributed by atoms with Gasteiger partial charge in [0.15, 0.2) is 0 Å². The molecule has 2 nitrogen and oxygen atoms in total. The van der Waals surface area contributed by atoms with Crippen LogP contribution >= 0.6 is 0 Å². The Morgan fingerprint density at radius 2 is 2.33 bits per heavy atom. The second-order valence-electron chi connectivity index (χ2n) is 4.62. The van der Waals surface area contributed by atoms with E-state index in [0.29, 0.717) is 6.04 Å². The Bertz CT molecular complexity index is 314. The summed E-state index contributed by atoms with van der Waals surface area (Å²) in [5.41, 5.74) is 9.01. The molecule has 1 aliphatic rings. The molecule has 1 atom stereocenters. The summed E-state index contributed by atoms with van der Waals surface area (Å²) in [5.74, 6) is 0. The van der Waals surface area contributed by atoms with Crippen molar-refractivity contribution in [1.29, 1.82) is 0 Å². The van der Waals surface area contributed by atoms with Crippen LogP contribution in [0.1, 0.15) is 56.3 Å². The highest BCUT2D eigenvalue weighted by atomic mass is 15.0. The third-order valence-electron chi connectivity index (χ3n) is 3.44. The summed E-state index contributed by atoms with van der Waals surface area (Å²) >= 11 is 0. The molecule has 1 aromatic rings. The standard InChI is InChI=1S/C13H22N2/c1-2-3-4-9-15-10-8-11-12(14)6-5-7-13(11)15/h8,10,12H,2-7,9,14H2,1H3. The number of rotatable bonds is 4. The first-order valence-corrected chi connectivity index (χ1v) is 6.26. The predicted molar refractivity (Wildman–Crippen MR) is 63.8 cm³/mol. The van der Waals surface area contributed by atoms with Gasteiger partial charge in [0.05, 0.1) is 0 Å². The Labute approximate surface area is 92.5 Å². The smallest absolute Gasteiger partial charge is 0.0312 e. The van der Waals surface area contributed by atoms with Gasteiger partial charge >= 0.3 is 0 Å². The van der Waals surface area contributed by atoms with Crippen molar-refractivity contribution in [1.82, 2.24) is 4.57 Å². The minimum atomic E-state index is 0.293. The van der Waals surface area contributed by atoms with Gasteiger partial charge in [0.2, 0.25) is 0 Å². The fraction of sp³-hybridized carbons (Fsp3) is 0.692. The lowest BCUT2D eigenvalue weighted by molar-refractivity contribution is 0.525. The molecule has 0 aromatic carbocycles. The highest BCUT2D eigenvalue weighted by Crippen LogP contribution is 2.28. The zero-order valence-electron chi connectivity index (χ0n) is 9.71. The fourth-order valence-electron chi connectivity index (χ4n) is 2.53. The lowest BCUT2D eigenvalue weighted by Crippen LogP contribution is -2.18. The van der Waals surface area contributed by atoms with Gasteiger partial charge in [-0.15, -0.1) is 0 Å². The first-order chi connectivity index (χ1) is 7.33. The van der Waals surface area contributed by atoms with Crippen LogP contribution in [-0.2, 0) is 13.0 Å². The quantitative estimate of drug-likeness (QED) is 0.754. The van der Waals surface area contributed by atoms with Crippen molar-refractivity contribution in [2.75, 3.05) is 0 Å². The average molecular weight is 206 g/mol. The molecular formula is C13H22N2. The molecule has 0 radical (unpaired) electrons. The van der Waals surface area contributed by atoms with Gasteiger partial charge < -0.3 is 10.3 Å². The molecular weight excluding hydrogens is 184 g/mol. The number of aromatic nitrogens is 1. The fourth-order valence-corrected chi connectivity index (χ4v) is 2.53. The topological polar surface area (TPSA) is 30.9 Å². The third-order valence-corrected chi connectivity index (χ3v) is 3.44. The van der Waals surface area contributed by atoms with Gasteiger partial charge in [0, 0.05) is 24.5 Å². The molecule has 0 aliphatic heterocycles. The molecule has 2 heteroatoms. The summed E-state index contributed by atoms with van der Waals surface area (Å²) in [6.07, 6.45) is 9.79. The van der Waals surface area contributed by atoms with Crippen molar-refractivity contribution in [3.05, 3.63) is 23.5 Å². The van der Waals surface area contributed by atoms with Gasteiger partial charge in [0.1, 0.15) is 0 Å². The van der Waals surface area contributed by atoms with E-state index in [-0.39, 0.29) is 0 Å². The van der Waals surface area contributed by atoms with Gasteiger partial charge in [-0.05, 0) is 37.3 Å².